The molecule has 108 valence electrons. The second kappa shape index (κ2) is 7.88. The zero-order chi connectivity index (χ0) is 14.3. The standard InChI is InChI=1S/C12H22N4O3/c1-4-18-10(19-5-2)7-14-12(17)11(13)9-6-15-16(3)8-9/h6,8,10-11H,4-5,7,13H2,1-3H3,(H,14,17). The molecule has 1 atom stereocenters. The van der Waals surface area contributed by atoms with E-state index in [4.69, 9.17) is 15.2 Å². The maximum Gasteiger partial charge on any atom is 0.241 e. The first kappa shape index (κ1) is 15.6. The van der Waals surface area contributed by atoms with Gasteiger partial charge in [0.25, 0.3) is 0 Å². The van der Waals surface area contributed by atoms with E-state index in [9.17, 15) is 4.79 Å². The molecule has 0 aliphatic carbocycles. The predicted octanol–water partition coefficient (Wildman–Crippen LogP) is -0.0648. The molecule has 3 N–H and O–H groups in total. The maximum atomic E-state index is 11.9. The quantitative estimate of drug-likeness (QED) is 0.645. The predicted molar refractivity (Wildman–Crippen MR) is 70.2 cm³/mol. The summed E-state index contributed by atoms with van der Waals surface area (Å²) in [5.74, 6) is -0.280. The number of carbonyl (C=O) groups is 1. The minimum absolute atomic E-state index is 0.272. The van der Waals surface area contributed by atoms with Gasteiger partial charge in [0.2, 0.25) is 5.91 Å². The van der Waals surface area contributed by atoms with Crippen molar-refractivity contribution >= 4 is 5.91 Å². The number of hydrogen-bond acceptors (Lipinski definition) is 5. The smallest absolute Gasteiger partial charge is 0.241 e. The molecule has 0 saturated carbocycles. The molecule has 1 heterocycles. The minimum atomic E-state index is -0.738. The highest BCUT2D eigenvalue weighted by atomic mass is 16.7. The molecule has 0 aliphatic rings. The van der Waals surface area contributed by atoms with Gasteiger partial charge in [-0.1, -0.05) is 0 Å². The number of nitrogens with zero attached hydrogens (tertiary/aromatic N) is 2. The van der Waals surface area contributed by atoms with Crippen LogP contribution < -0.4 is 11.1 Å². The molecule has 1 aromatic rings. The monoisotopic (exact) mass is 270 g/mol. The Kier molecular flexibility index (Phi) is 6.48. The summed E-state index contributed by atoms with van der Waals surface area (Å²) in [6.07, 6.45) is 2.85. The fraction of sp³-hybridized carbons (Fsp3) is 0.667. The maximum absolute atomic E-state index is 11.9. The third kappa shape index (κ3) is 4.98. The van der Waals surface area contributed by atoms with Gasteiger partial charge in [-0.3, -0.25) is 9.48 Å². The highest BCUT2D eigenvalue weighted by molar-refractivity contribution is 5.82. The number of carbonyl (C=O) groups excluding carboxylic acids is 1. The Morgan fingerprint density at radius 3 is 2.58 bits per heavy atom. The first-order chi connectivity index (χ1) is 9.08. The van der Waals surface area contributed by atoms with Gasteiger partial charge in [-0.25, -0.2) is 0 Å². The number of amides is 1. The van der Waals surface area contributed by atoms with Crippen molar-refractivity contribution in [3.8, 4) is 0 Å². The van der Waals surface area contributed by atoms with E-state index in [2.05, 4.69) is 10.4 Å². The van der Waals surface area contributed by atoms with E-state index >= 15 is 0 Å². The van der Waals surface area contributed by atoms with Gasteiger partial charge in [-0.2, -0.15) is 5.10 Å². The lowest BCUT2D eigenvalue weighted by Gasteiger charge is -2.18. The van der Waals surface area contributed by atoms with E-state index < -0.39 is 12.3 Å². The van der Waals surface area contributed by atoms with Crippen LogP contribution in [0, 0.1) is 0 Å². The molecule has 0 aromatic carbocycles. The van der Waals surface area contributed by atoms with Crippen LogP contribution in [0.15, 0.2) is 12.4 Å². The Morgan fingerprint density at radius 2 is 2.11 bits per heavy atom. The molecule has 1 rings (SSSR count). The van der Waals surface area contributed by atoms with Gasteiger partial charge in [0.15, 0.2) is 6.29 Å². The second-order valence-electron chi connectivity index (χ2n) is 4.01. The molecule has 0 fully saturated rings. The fourth-order valence-electron chi connectivity index (χ4n) is 1.58. The van der Waals surface area contributed by atoms with Crippen molar-refractivity contribution in [2.75, 3.05) is 19.8 Å². The zero-order valence-electron chi connectivity index (χ0n) is 11.6. The summed E-state index contributed by atoms with van der Waals surface area (Å²) in [6, 6.07) is -0.738. The largest absolute Gasteiger partial charge is 0.351 e. The lowest BCUT2D eigenvalue weighted by molar-refractivity contribution is -0.141. The molecule has 1 unspecified atom stereocenters. The summed E-state index contributed by atoms with van der Waals surface area (Å²) in [5, 5.41) is 6.69. The van der Waals surface area contributed by atoms with Gasteiger partial charge < -0.3 is 20.5 Å². The molecule has 7 nitrogen and oxygen atoms in total. The zero-order valence-corrected chi connectivity index (χ0v) is 11.6. The van der Waals surface area contributed by atoms with Gasteiger partial charge in [0, 0.05) is 32.0 Å². The van der Waals surface area contributed by atoms with Gasteiger partial charge in [0.05, 0.1) is 12.7 Å². The van der Waals surface area contributed by atoms with Gasteiger partial charge in [-0.05, 0) is 13.8 Å². The molecule has 7 heteroatoms. The third-order valence-corrected chi connectivity index (χ3v) is 2.51. The van der Waals surface area contributed by atoms with Crippen molar-refractivity contribution in [3.05, 3.63) is 18.0 Å². The Labute approximate surface area is 113 Å². The fourth-order valence-corrected chi connectivity index (χ4v) is 1.58. The van der Waals surface area contributed by atoms with E-state index in [1.54, 1.807) is 24.1 Å². The van der Waals surface area contributed by atoms with Crippen molar-refractivity contribution < 1.29 is 14.3 Å². The van der Waals surface area contributed by atoms with E-state index in [1.165, 1.54) is 0 Å². The van der Waals surface area contributed by atoms with Crippen molar-refractivity contribution in [2.45, 2.75) is 26.2 Å². The molecule has 0 radical (unpaired) electrons. The van der Waals surface area contributed by atoms with Crippen LogP contribution in [0.2, 0.25) is 0 Å². The molecule has 0 spiro atoms. The van der Waals surface area contributed by atoms with E-state index in [1.807, 2.05) is 13.8 Å². The topological polar surface area (TPSA) is 91.4 Å². The van der Waals surface area contributed by atoms with Gasteiger partial charge in [-0.15, -0.1) is 0 Å². The average Bonchev–Trinajstić information content (AvgIpc) is 2.82. The minimum Gasteiger partial charge on any atom is -0.351 e. The number of aromatic nitrogens is 2. The molecule has 0 saturated heterocycles. The van der Waals surface area contributed by atoms with E-state index in [0.717, 1.165) is 0 Å². The van der Waals surface area contributed by atoms with Crippen LogP contribution in [-0.2, 0) is 21.3 Å². The summed E-state index contributed by atoms with van der Waals surface area (Å²) in [6.45, 7) is 5.06. The molecular weight excluding hydrogens is 248 g/mol. The summed E-state index contributed by atoms with van der Waals surface area (Å²) in [7, 11) is 1.77. The number of aryl methyl sites for hydroxylation is 1. The Hall–Kier alpha value is -1.44. The highest BCUT2D eigenvalue weighted by Gasteiger charge is 2.18. The van der Waals surface area contributed by atoms with Crippen LogP contribution in [-0.4, -0.2) is 41.7 Å². The molecular formula is C12H22N4O3. The number of ether oxygens (including phenoxy) is 2. The number of nitrogens with one attached hydrogen (secondary N) is 1. The summed E-state index contributed by atoms with van der Waals surface area (Å²) < 4.78 is 12.3. The lowest BCUT2D eigenvalue weighted by Crippen LogP contribution is -2.40. The summed E-state index contributed by atoms with van der Waals surface area (Å²) in [5.41, 5.74) is 6.51. The molecule has 0 bridgehead atoms. The van der Waals surface area contributed by atoms with Crippen LogP contribution in [0.4, 0.5) is 0 Å². The Morgan fingerprint density at radius 1 is 1.47 bits per heavy atom. The average molecular weight is 270 g/mol. The van der Waals surface area contributed by atoms with Gasteiger partial charge in [0.1, 0.15) is 6.04 Å². The van der Waals surface area contributed by atoms with Crippen LogP contribution >= 0.6 is 0 Å². The summed E-state index contributed by atoms with van der Waals surface area (Å²) >= 11 is 0. The third-order valence-electron chi connectivity index (χ3n) is 2.51. The number of rotatable bonds is 8. The SMILES string of the molecule is CCOC(CNC(=O)C(N)c1cnn(C)c1)OCC. The molecule has 1 amide bonds. The van der Waals surface area contributed by atoms with E-state index in [0.29, 0.717) is 18.8 Å². The van der Waals surface area contributed by atoms with E-state index in [-0.39, 0.29) is 12.5 Å². The Balaban J connectivity index is 2.45. The van der Waals surface area contributed by atoms with Crippen LogP contribution in [0.5, 0.6) is 0 Å². The Bertz CT molecular complexity index is 388. The van der Waals surface area contributed by atoms with Crippen molar-refractivity contribution in [1.29, 1.82) is 0 Å². The van der Waals surface area contributed by atoms with Crippen molar-refractivity contribution in [1.82, 2.24) is 15.1 Å². The first-order valence-electron chi connectivity index (χ1n) is 6.33. The molecule has 0 aliphatic heterocycles. The van der Waals surface area contributed by atoms with Crippen LogP contribution in [0.25, 0.3) is 0 Å². The van der Waals surface area contributed by atoms with Crippen LogP contribution in [0.1, 0.15) is 25.5 Å². The van der Waals surface area contributed by atoms with Gasteiger partial charge >= 0.3 is 0 Å². The first-order valence-corrected chi connectivity index (χ1v) is 6.33. The van der Waals surface area contributed by atoms with Crippen molar-refractivity contribution in [2.24, 2.45) is 12.8 Å². The molecule has 1 aromatic heterocycles. The van der Waals surface area contributed by atoms with Crippen LogP contribution in [0.3, 0.4) is 0 Å². The lowest BCUT2D eigenvalue weighted by atomic mass is 10.1. The number of nitrogens with two attached hydrogens (primary N) is 1. The number of hydrogen-bond donors (Lipinski definition) is 2. The summed E-state index contributed by atoms with van der Waals surface area (Å²) in [4.78, 5) is 11.9. The highest BCUT2D eigenvalue weighted by Crippen LogP contribution is 2.08. The van der Waals surface area contributed by atoms with Crippen molar-refractivity contribution in [3.63, 3.8) is 0 Å². The second-order valence-corrected chi connectivity index (χ2v) is 4.01. The normalized spacial score (nSPS) is 12.7. The molecule has 19 heavy (non-hydrogen) atoms.